The highest BCUT2D eigenvalue weighted by atomic mass is 16.7. The monoisotopic (exact) mass is 445 g/mol. The minimum atomic E-state index is -1.70. The van der Waals surface area contributed by atoms with Crippen molar-refractivity contribution in [2.24, 2.45) is 0 Å². The number of hydrogen-bond acceptors (Lipinski definition) is 11. The molecule has 0 aromatic heterocycles. The first-order chi connectivity index (χ1) is 14.7. The van der Waals surface area contributed by atoms with Gasteiger partial charge >= 0.3 is 0 Å². The maximum absolute atomic E-state index is 10.6. The normalized spacial score (nSPS) is 41.2. The molecule has 31 heavy (non-hydrogen) atoms. The Bertz CT molecular complexity index is 732. The molecule has 0 radical (unpaired) electrons. The summed E-state index contributed by atoms with van der Waals surface area (Å²) in [6.07, 6.45) is -14.2. The van der Waals surface area contributed by atoms with Gasteiger partial charge in [-0.1, -0.05) is 6.07 Å². The molecule has 0 saturated carbocycles. The lowest BCUT2D eigenvalue weighted by atomic mass is 9.96. The van der Waals surface area contributed by atoms with Gasteiger partial charge in [-0.3, -0.25) is 0 Å². The van der Waals surface area contributed by atoms with Gasteiger partial charge in [0.05, 0.1) is 13.2 Å². The molecule has 0 amide bonds. The third-order valence-corrected chi connectivity index (χ3v) is 5.82. The molecule has 176 valence electrons. The molecule has 0 spiro atoms. The van der Waals surface area contributed by atoms with E-state index >= 15 is 0 Å². The first-order valence-electron chi connectivity index (χ1n) is 10.1. The number of rotatable bonds is 6. The van der Waals surface area contributed by atoms with Crippen LogP contribution in [-0.4, -0.2) is 110 Å². The summed E-state index contributed by atoms with van der Waals surface area (Å²) in [5, 5.41) is 73.2. The summed E-state index contributed by atoms with van der Waals surface area (Å²) in [6.45, 7) is 2.64. The van der Waals surface area contributed by atoms with E-state index in [9.17, 15) is 35.7 Å². The first-order valence-corrected chi connectivity index (χ1v) is 10.1. The molecule has 2 saturated heterocycles. The summed E-state index contributed by atoms with van der Waals surface area (Å²) in [5.41, 5.74) is 2.74. The quantitative estimate of drug-likeness (QED) is 0.229. The molecule has 8 N–H and O–H groups in total. The molecule has 11 heteroatoms. The Morgan fingerprint density at radius 3 is 2.10 bits per heavy atom. The molecule has 0 bridgehead atoms. The summed E-state index contributed by atoms with van der Waals surface area (Å²) in [7, 11) is 0. The Morgan fingerprint density at radius 2 is 1.48 bits per heavy atom. The average molecular weight is 445 g/mol. The highest BCUT2D eigenvalue weighted by molar-refractivity contribution is 5.48. The van der Waals surface area contributed by atoms with E-state index in [-0.39, 0.29) is 0 Å². The van der Waals surface area contributed by atoms with Crippen molar-refractivity contribution >= 4 is 5.69 Å². The van der Waals surface area contributed by atoms with Crippen LogP contribution in [0.4, 0.5) is 5.69 Å². The molecule has 0 unspecified atom stereocenters. The van der Waals surface area contributed by atoms with Crippen LogP contribution in [0.2, 0.25) is 0 Å². The third kappa shape index (κ3) is 5.01. The van der Waals surface area contributed by atoms with Crippen LogP contribution in [0.5, 0.6) is 0 Å². The molecule has 0 aliphatic carbocycles. The largest absolute Gasteiger partial charge is 0.394 e. The summed E-state index contributed by atoms with van der Waals surface area (Å²) in [4.78, 5) is 0. The number of aliphatic hydroxyl groups is 7. The van der Waals surface area contributed by atoms with Crippen molar-refractivity contribution in [2.75, 3.05) is 18.5 Å². The van der Waals surface area contributed by atoms with Crippen molar-refractivity contribution in [3.63, 3.8) is 0 Å². The van der Waals surface area contributed by atoms with Crippen LogP contribution in [0.1, 0.15) is 11.1 Å². The second-order valence-electron chi connectivity index (χ2n) is 8.00. The molecule has 2 heterocycles. The minimum absolute atomic E-state index is 0.586. The minimum Gasteiger partial charge on any atom is -0.394 e. The Hall–Kier alpha value is -1.38. The number of aliphatic hydroxyl groups excluding tert-OH is 7. The number of benzene rings is 1. The zero-order chi connectivity index (χ0) is 22.9. The second-order valence-corrected chi connectivity index (χ2v) is 8.00. The summed E-state index contributed by atoms with van der Waals surface area (Å²) in [6, 6.07) is 5.52. The van der Waals surface area contributed by atoms with Gasteiger partial charge in [-0.25, -0.2) is 0 Å². The number of nitrogens with one attached hydrogen (secondary N) is 1. The summed E-state index contributed by atoms with van der Waals surface area (Å²) in [5.74, 6) is 0. The summed E-state index contributed by atoms with van der Waals surface area (Å²) < 4.78 is 16.5. The molecule has 2 fully saturated rings. The summed E-state index contributed by atoms with van der Waals surface area (Å²) >= 11 is 0. The lowest BCUT2D eigenvalue weighted by Gasteiger charge is -2.46. The lowest BCUT2D eigenvalue weighted by Crippen LogP contribution is -2.65. The number of aryl methyl sites for hydroxylation is 2. The van der Waals surface area contributed by atoms with Crippen LogP contribution < -0.4 is 5.32 Å². The number of ether oxygens (including phenoxy) is 3. The van der Waals surface area contributed by atoms with Crippen molar-refractivity contribution < 1.29 is 50.0 Å². The second kappa shape index (κ2) is 10.0. The zero-order valence-corrected chi connectivity index (χ0v) is 17.3. The van der Waals surface area contributed by atoms with Gasteiger partial charge in [-0.2, -0.15) is 0 Å². The SMILES string of the molecule is Cc1ccc(N[C@H]2O[C@H](CO)[C@@H](O[C@@H]3O[C@H](CO)[C@H](O)[C@H](O)[C@H]3O)[C@H](O)[C@H]2O)cc1C. The van der Waals surface area contributed by atoms with Crippen molar-refractivity contribution in [1.82, 2.24) is 0 Å². The Balaban J connectivity index is 1.72. The van der Waals surface area contributed by atoms with Crippen LogP contribution in [0.15, 0.2) is 18.2 Å². The van der Waals surface area contributed by atoms with E-state index in [2.05, 4.69) is 5.32 Å². The van der Waals surface area contributed by atoms with E-state index < -0.39 is 74.6 Å². The number of anilines is 1. The van der Waals surface area contributed by atoms with E-state index in [1.807, 2.05) is 26.0 Å². The molecule has 3 rings (SSSR count). The van der Waals surface area contributed by atoms with Gasteiger partial charge in [0.25, 0.3) is 0 Å². The molecule has 11 nitrogen and oxygen atoms in total. The van der Waals surface area contributed by atoms with Gasteiger partial charge in [-0.15, -0.1) is 0 Å². The van der Waals surface area contributed by atoms with Gasteiger partial charge in [0.1, 0.15) is 48.8 Å². The standard InChI is InChI=1S/C20H31NO10/c1-8-3-4-10(5-9(8)2)21-19-16(27)15(26)18(12(7-23)29-19)31-20-17(28)14(25)13(24)11(6-22)30-20/h3-5,11-28H,6-7H2,1-2H3/t11-,12-,13+,14+,15-,16-,17-,18-,19+,20+/m1/s1. The molecule has 2 aliphatic rings. The smallest absolute Gasteiger partial charge is 0.187 e. The molecule has 2 aliphatic heterocycles. The van der Waals surface area contributed by atoms with E-state index in [0.717, 1.165) is 11.1 Å². The van der Waals surface area contributed by atoms with Crippen LogP contribution in [0, 0.1) is 13.8 Å². The van der Waals surface area contributed by atoms with Gasteiger partial charge in [0, 0.05) is 5.69 Å². The fourth-order valence-corrected chi connectivity index (χ4v) is 3.70. The third-order valence-electron chi connectivity index (χ3n) is 5.82. The predicted octanol–water partition coefficient (Wildman–Crippen LogP) is -2.66. The van der Waals surface area contributed by atoms with Crippen molar-refractivity contribution in [2.45, 2.75) is 75.2 Å². The number of hydrogen-bond donors (Lipinski definition) is 8. The van der Waals surface area contributed by atoms with E-state index in [4.69, 9.17) is 14.2 Å². The van der Waals surface area contributed by atoms with Gasteiger partial charge in [-0.05, 0) is 37.1 Å². The molecule has 1 aromatic rings. The molecule has 10 atom stereocenters. The molecular weight excluding hydrogens is 414 g/mol. The van der Waals surface area contributed by atoms with Crippen LogP contribution in [0.25, 0.3) is 0 Å². The molecule has 1 aromatic carbocycles. The topological polar surface area (TPSA) is 181 Å². The van der Waals surface area contributed by atoms with E-state index in [1.54, 1.807) is 6.07 Å². The van der Waals surface area contributed by atoms with Gasteiger partial charge in [0.15, 0.2) is 12.5 Å². The van der Waals surface area contributed by atoms with Crippen molar-refractivity contribution in [3.8, 4) is 0 Å². The fraction of sp³-hybridized carbons (Fsp3) is 0.700. The lowest BCUT2D eigenvalue weighted by molar-refractivity contribution is -0.340. The highest BCUT2D eigenvalue weighted by Gasteiger charge is 2.50. The van der Waals surface area contributed by atoms with Crippen molar-refractivity contribution in [3.05, 3.63) is 29.3 Å². The Labute approximate surface area is 179 Å². The Kier molecular flexibility index (Phi) is 7.86. The first kappa shape index (κ1) is 24.3. The average Bonchev–Trinajstić information content (AvgIpc) is 2.75. The highest BCUT2D eigenvalue weighted by Crippen LogP contribution is 2.30. The molecular formula is C20H31NO10. The van der Waals surface area contributed by atoms with Crippen LogP contribution >= 0.6 is 0 Å². The van der Waals surface area contributed by atoms with E-state index in [1.165, 1.54) is 0 Å². The Morgan fingerprint density at radius 1 is 0.806 bits per heavy atom. The predicted molar refractivity (Wildman–Crippen MR) is 106 cm³/mol. The van der Waals surface area contributed by atoms with Gasteiger partial charge in [0.2, 0.25) is 0 Å². The van der Waals surface area contributed by atoms with Gasteiger partial charge < -0.3 is 55.3 Å². The van der Waals surface area contributed by atoms with Crippen molar-refractivity contribution in [1.29, 1.82) is 0 Å². The zero-order valence-electron chi connectivity index (χ0n) is 17.3. The fourth-order valence-electron chi connectivity index (χ4n) is 3.70. The van der Waals surface area contributed by atoms with Crippen LogP contribution in [-0.2, 0) is 14.2 Å². The van der Waals surface area contributed by atoms with Crippen LogP contribution in [0.3, 0.4) is 0 Å². The maximum atomic E-state index is 10.6. The maximum Gasteiger partial charge on any atom is 0.187 e. The van der Waals surface area contributed by atoms with E-state index in [0.29, 0.717) is 5.69 Å².